The zero-order valence-electron chi connectivity index (χ0n) is 19.4. The van der Waals surface area contributed by atoms with E-state index in [1.807, 2.05) is 54.3 Å². The van der Waals surface area contributed by atoms with Gasteiger partial charge < -0.3 is 23.8 Å². The molecule has 176 valence electrons. The molecule has 34 heavy (non-hydrogen) atoms. The second-order valence-electron chi connectivity index (χ2n) is 8.46. The molecule has 2 aliphatic heterocycles. The fourth-order valence-electron chi connectivity index (χ4n) is 4.48. The third kappa shape index (κ3) is 4.87. The van der Waals surface area contributed by atoms with E-state index < -0.39 is 0 Å². The molecule has 0 aromatic heterocycles. The highest BCUT2D eigenvalue weighted by Crippen LogP contribution is 2.34. The first-order valence-electron chi connectivity index (χ1n) is 11.8. The maximum absolute atomic E-state index is 13.1. The van der Waals surface area contributed by atoms with Gasteiger partial charge in [-0.25, -0.2) is 0 Å². The van der Waals surface area contributed by atoms with Gasteiger partial charge in [0.1, 0.15) is 18.5 Å². The molecule has 3 aromatic rings. The Morgan fingerprint density at radius 1 is 0.941 bits per heavy atom. The lowest BCUT2D eigenvalue weighted by Crippen LogP contribution is -2.32. The van der Waals surface area contributed by atoms with Crippen molar-refractivity contribution in [3.63, 3.8) is 0 Å². The van der Waals surface area contributed by atoms with E-state index >= 15 is 0 Å². The van der Waals surface area contributed by atoms with Gasteiger partial charge in [-0.15, -0.1) is 0 Å². The molecule has 0 bridgehead atoms. The van der Waals surface area contributed by atoms with Crippen LogP contribution in [-0.2, 0) is 22.5 Å². The molecule has 2 heterocycles. The molecule has 5 rings (SSSR count). The topological polar surface area (TPSA) is 57.2 Å². The second kappa shape index (κ2) is 10.2. The van der Waals surface area contributed by atoms with Crippen molar-refractivity contribution in [3.05, 3.63) is 89.0 Å². The Balaban J connectivity index is 1.30. The first-order valence-corrected chi connectivity index (χ1v) is 11.8. The first kappa shape index (κ1) is 22.3. The fraction of sp³-hybridized carbons (Fsp3) is 0.321. The molecule has 0 fully saturated rings. The SMILES string of the molecule is CCO[C@H](c1ccccc1)c1ccc2c(c1)CN(C(=O)CCc1ccc3c(c1)OCO3)CCO2. The van der Waals surface area contributed by atoms with Crippen LogP contribution in [0.3, 0.4) is 0 Å². The van der Waals surface area contributed by atoms with Gasteiger partial charge in [-0.2, -0.15) is 0 Å². The van der Waals surface area contributed by atoms with Crippen molar-refractivity contribution in [2.75, 3.05) is 26.6 Å². The molecule has 0 radical (unpaired) electrons. The highest BCUT2D eigenvalue weighted by Gasteiger charge is 2.23. The van der Waals surface area contributed by atoms with Crippen molar-refractivity contribution in [1.82, 2.24) is 4.90 Å². The summed E-state index contributed by atoms with van der Waals surface area (Å²) in [7, 11) is 0. The number of hydrogen-bond acceptors (Lipinski definition) is 5. The summed E-state index contributed by atoms with van der Waals surface area (Å²) >= 11 is 0. The number of fused-ring (bicyclic) bond motifs is 2. The molecule has 1 atom stereocenters. The highest BCUT2D eigenvalue weighted by molar-refractivity contribution is 5.76. The van der Waals surface area contributed by atoms with Gasteiger partial charge in [0, 0.05) is 25.1 Å². The Kier molecular flexibility index (Phi) is 6.67. The lowest BCUT2D eigenvalue weighted by atomic mass is 9.98. The quantitative estimate of drug-likeness (QED) is 0.503. The van der Waals surface area contributed by atoms with Crippen LogP contribution in [0.1, 0.15) is 41.7 Å². The molecule has 0 aliphatic carbocycles. The van der Waals surface area contributed by atoms with Crippen LogP contribution in [0.4, 0.5) is 0 Å². The standard InChI is InChI=1S/C28H29NO5/c1-2-31-28(21-6-4-3-5-7-21)22-10-12-24-23(17-22)18-29(14-15-32-24)27(30)13-9-20-8-11-25-26(16-20)34-19-33-25/h3-8,10-12,16-17,28H,2,9,13-15,18-19H2,1H3/t28-/m1/s1. The minimum Gasteiger partial charge on any atom is -0.491 e. The van der Waals surface area contributed by atoms with Crippen LogP contribution in [0.5, 0.6) is 17.2 Å². The second-order valence-corrected chi connectivity index (χ2v) is 8.46. The summed E-state index contributed by atoms with van der Waals surface area (Å²) in [6, 6.07) is 22.2. The van der Waals surface area contributed by atoms with Gasteiger partial charge >= 0.3 is 0 Å². The molecule has 6 heteroatoms. The molecule has 2 aliphatic rings. The summed E-state index contributed by atoms with van der Waals surface area (Å²) in [6.07, 6.45) is 0.926. The number of ether oxygens (including phenoxy) is 4. The molecule has 0 spiro atoms. The summed E-state index contributed by atoms with van der Waals surface area (Å²) in [6.45, 7) is 4.44. The van der Waals surface area contributed by atoms with Crippen molar-refractivity contribution in [3.8, 4) is 17.2 Å². The molecule has 6 nitrogen and oxygen atoms in total. The Hall–Kier alpha value is -3.51. The Morgan fingerprint density at radius 2 is 1.76 bits per heavy atom. The van der Waals surface area contributed by atoms with Crippen molar-refractivity contribution in [2.45, 2.75) is 32.4 Å². The Morgan fingerprint density at radius 3 is 2.62 bits per heavy atom. The monoisotopic (exact) mass is 459 g/mol. The summed E-state index contributed by atoms with van der Waals surface area (Å²) in [5, 5.41) is 0. The number of amides is 1. The van der Waals surface area contributed by atoms with E-state index in [1.54, 1.807) is 0 Å². The Bertz CT molecular complexity index is 1150. The van der Waals surface area contributed by atoms with E-state index in [2.05, 4.69) is 24.3 Å². The first-order chi connectivity index (χ1) is 16.7. The average molecular weight is 460 g/mol. The van der Waals surface area contributed by atoms with Crippen molar-refractivity contribution in [2.24, 2.45) is 0 Å². The fourth-order valence-corrected chi connectivity index (χ4v) is 4.48. The summed E-state index contributed by atoms with van der Waals surface area (Å²) in [4.78, 5) is 15.0. The van der Waals surface area contributed by atoms with Crippen LogP contribution in [0.25, 0.3) is 0 Å². The van der Waals surface area contributed by atoms with Crippen molar-refractivity contribution < 1.29 is 23.7 Å². The molecule has 1 amide bonds. The summed E-state index contributed by atoms with van der Waals surface area (Å²) in [5.41, 5.74) is 4.24. The van der Waals surface area contributed by atoms with E-state index in [1.165, 1.54) is 0 Å². The van der Waals surface area contributed by atoms with Gasteiger partial charge in [0.15, 0.2) is 11.5 Å². The van der Waals surface area contributed by atoms with Gasteiger partial charge in [0.05, 0.1) is 6.54 Å². The van der Waals surface area contributed by atoms with Crippen LogP contribution in [0.15, 0.2) is 66.7 Å². The number of rotatable bonds is 7. The van der Waals surface area contributed by atoms with E-state index in [0.29, 0.717) is 39.1 Å². The van der Waals surface area contributed by atoms with E-state index in [9.17, 15) is 4.79 Å². The number of carbonyl (C=O) groups excluding carboxylic acids is 1. The van der Waals surface area contributed by atoms with Crippen LogP contribution in [0.2, 0.25) is 0 Å². The zero-order valence-corrected chi connectivity index (χ0v) is 19.4. The molecular formula is C28H29NO5. The lowest BCUT2D eigenvalue weighted by molar-refractivity contribution is -0.131. The summed E-state index contributed by atoms with van der Waals surface area (Å²) in [5.74, 6) is 2.45. The van der Waals surface area contributed by atoms with Crippen LogP contribution in [-0.4, -0.2) is 37.4 Å². The molecule has 0 unspecified atom stereocenters. The Labute approximate surface area is 200 Å². The van der Waals surface area contributed by atoms with Crippen LogP contribution in [0, 0.1) is 0 Å². The summed E-state index contributed by atoms with van der Waals surface area (Å²) < 4.78 is 22.9. The van der Waals surface area contributed by atoms with Gasteiger partial charge in [-0.05, 0) is 54.3 Å². The number of aryl methyl sites for hydroxylation is 1. The van der Waals surface area contributed by atoms with E-state index in [0.717, 1.165) is 39.5 Å². The van der Waals surface area contributed by atoms with Gasteiger partial charge in [0.2, 0.25) is 12.7 Å². The number of nitrogens with zero attached hydrogens (tertiary/aromatic N) is 1. The lowest BCUT2D eigenvalue weighted by Gasteiger charge is -2.22. The van der Waals surface area contributed by atoms with Crippen molar-refractivity contribution in [1.29, 1.82) is 0 Å². The van der Waals surface area contributed by atoms with Crippen LogP contribution >= 0.6 is 0 Å². The third-order valence-electron chi connectivity index (χ3n) is 6.22. The minimum atomic E-state index is -0.157. The molecule has 3 aromatic carbocycles. The molecule has 0 saturated heterocycles. The molecule has 0 saturated carbocycles. The third-order valence-corrected chi connectivity index (χ3v) is 6.22. The largest absolute Gasteiger partial charge is 0.491 e. The normalized spacial score (nSPS) is 15.3. The minimum absolute atomic E-state index is 0.115. The number of hydrogen-bond donors (Lipinski definition) is 0. The van der Waals surface area contributed by atoms with Crippen molar-refractivity contribution >= 4 is 5.91 Å². The maximum atomic E-state index is 13.1. The van der Waals surface area contributed by atoms with Gasteiger partial charge in [0.25, 0.3) is 0 Å². The molecular weight excluding hydrogens is 430 g/mol. The molecule has 0 N–H and O–H groups in total. The van der Waals surface area contributed by atoms with Gasteiger partial charge in [-0.3, -0.25) is 4.79 Å². The smallest absolute Gasteiger partial charge is 0.231 e. The maximum Gasteiger partial charge on any atom is 0.231 e. The highest BCUT2D eigenvalue weighted by atomic mass is 16.7. The van der Waals surface area contributed by atoms with E-state index in [-0.39, 0.29) is 18.8 Å². The number of benzene rings is 3. The van der Waals surface area contributed by atoms with Gasteiger partial charge in [-0.1, -0.05) is 42.5 Å². The number of carbonyl (C=O) groups is 1. The van der Waals surface area contributed by atoms with E-state index in [4.69, 9.17) is 18.9 Å². The van der Waals surface area contributed by atoms with Crippen LogP contribution < -0.4 is 14.2 Å². The zero-order chi connectivity index (χ0) is 23.3. The predicted octanol–water partition coefficient (Wildman–Crippen LogP) is 4.90. The predicted molar refractivity (Wildman–Crippen MR) is 128 cm³/mol. The average Bonchev–Trinajstić information content (AvgIpc) is 3.24.